The molecule has 1 saturated heterocycles. The molecule has 0 bridgehead atoms. The van der Waals surface area contributed by atoms with Crippen molar-refractivity contribution in [2.45, 2.75) is 12.5 Å². The van der Waals surface area contributed by atoms with Crippen molar-refractivity contribution in [3.05, 3.63) is 34.9 Å². The first-order chi connectivity index (χ1) is 8.68. The number of hydrogen-bond acceptors (Lipinski definition) is 3. The lowest BCUT2D eigenvalue weighted by Crippen LogP contribution is -2.34. The van der Waals surface area contributed by atoms with E-state index in [-0.39, 0.29) is 18.4 Å². The van der Waals surface area contributed by atoms with Crippen molar-refractivity contribution in [3.63, 3.8) is 0 Å². The number of hydrogen-bond donors (Lipinski definition) is 3. The average molecular weight is 269 g/mol. The SMILES string of the molecule is O=C(NC[C@@H](O)c1ccccc1Cl)[C@H]1CCNC1. The van der Waals surface area contributed by atoms with Crippen LogP contribution in [0.2, 0.25) is 5.02 Å². The third-order valence-electron chi connectivity index (χ3n) is 3.16. The Morgan fingerprint density at radius 1 is 1.56 bits per heavy atom. The highest BCUT2D eigenvalue weighted by molar-refractivity contribution is 6.31. The van der Waals surface area contributed by atoms with Crippen LogP contribution in [-0.2, 0) is 4.79 Å². The Hall–Kier alpha value is -1.10. The molecule has 0 unspecified atom stereocenters. The van der Waals surface area contributed by atoms with Crippen LogP contribution in [0.1, 0.15) is 18.1 Å². The molecule has 4 nitrogen and oxygen atoms in total. The van der Waals surface area contributed by atoms with Crippen molar-refractivity contribution in [2.24, 2.45) is 5.92 Å². The third kappa shape index (κ3) is 3.22. The molecule has 2 rings (SSSR count). The van der Waals surface area contributed by atoms with Gasteiger partial charge in [-0.05, 0) is 19.0 Å². The van der Waals surface area contributed by atoms with Crippen molar-refractivity contribution in [2.75, 3.05) is 19.6 Å². The second-order valence-corrected chi connectivity index (χ2v) is 4.88. The minimum atomic E-state index is -0.767. The van der Waals surface area contributed by atoms with Gasteiger partial charge in [0.15, 0.2) is 0 Å². The van der Waals surface area contributed by atoms with Crippen LogP contribution in [0.5, 0.6) is 0 Å². The summed E-state index contributed by atoms with van der Waals surface area (Å²) in [5.41, 5.74) is 0.643. The average Bonchev–Trinajstić information content (AvgIpc) is 2.90. The molecule has 0 spiro atoms. The molecule has 1 heterocycles. The van der Waals surface area contributed by atoms with Gasteiger partial charge in [0, 0.05) is 23.7 Å². The van der Waals surface area contributed by atoms with E-state index >= 15 is 0 Å². The monoisotopic (exact) mass is 268 g/mol. The maximum Gasteiger partial charge on any atom is 0.224 e. The molecule has 0 radical (unpaired) electrons. The molecular formula is C13H17ClN2O2. The van der Waals surface area contributed by atoms with E-state index in [9.17, 15) is 9.90 Å². The first-order valence-electron chi connectivity index (χ1n) is 6.09. The van der Waals surface area contributed by atoms with Crippen LogP contribution < -0.4 is 10.6 Å². The summed E-state index contributed by atoms with van der Waals surface area (Å²) >= 11 is 5.98. The van der Waals surface area contributed by atoms with E-state index in [4.69, 9.17) is 11.6 Å². The molecule has 0 aromatic heterocycles. The van der Waals surface area contributed by atoms with Crippen LogP contribution in [0.25, 0.3) is 0 Å². The first-order valence-corrected chi connectivity index (χ1v) is 6.47. The summed E-state index contributed by atoms with van der Waals surface area (Å²) in [5, 5.41) is 16.4. The second-order valence-electron chi connectivity index (χ2n) is 4.47. The maximum absolute atomic E-state index is 11.8. The fourth-order valence-electron chi connectivity index (χ4n) is 2.08. The van der Waals surface area contributed by atoms with Crippen molar-refractivity contribution >= 4 is 17.5 Å². The number of aliphatic hydroxyl groups is 1. The molecule has 1 fully saturated rings. The maximum atomic E-state index is 11.8. The topological polar surface area (TPSA) is 61.4 Å². The van der Waals surface area contributed by atoms with Crippen LogP contribution >= 0.6 is 11.6 Å². The van der Waals surface area contributed by atoms with Crippen molar-refractivity contribution in [3.8, 4) is 0 Å². The van der Waals surface area contributed by atoms with Gasteiger partial charge in [0.05, 0.1) is 12.0 Å². The Morgan fingerprint density at radius 2 is 2.33 bits per heavy atom. The zero-order valence-electron chi connectivity index (χ0n) is 10.0. The van der Waals surface area contributed by atoms with E-state index in [0.29, 0.717) is 17.1 Å². The van der Waals surface area contributed by atoms with Gasteiger partial charge in [-0.1, -0.05) is 29.8 Å². The van der Waals surface area contributed by atoms with Crippen molar-refractivity contribution < 1.29 is 9.90 Å². The van der Waals surface area contributed by atoms with E-state index in [2.05, 4.69) is 10.6 Å². The lowest BCUT2D eigenvalue weighted by Gasteiger charge is -2.15. The molecular weight excluding hydrogens is 252 g/mol. The fraction of sp³-hybridized carbons (Fsp3) is 0.462. The van der Waals surface area contributed by atoms with Crippen LogP contribution in [0.3, 0.4) is 0 Å². The Balaban J connectivity index is 1.86. The van der Waals surface area contributed by atoms with E-state index in [1.165, 1.54) is 0 Å². The number of amides is 1. The highest BCUT2D eigenvalue weighted by atomic mass is 35.5. The van der Waals surface area contributed by atoms with Crippen LogP contribution in [0.15, 0.2) is 24.3 Å². The molecule has 0 aliphatic carbocycles. The number of aliphatic hydroxyl groups excluding tert-OH is 1. The van der Waals surface area contributed by atoms with E-state index in [1.54, 1.807) is 18.2 Å². The number of halogens is 1. The van der Waals surface area contributed by atoms with Crippen molar-refractivity contribution in [1.82, 2.24) is 10.6 Å². The Kier molecular flexibility index (Phi) is 4.58. The van der Waals surface area contributed by atoms with Gasteiger partial charge < -0.3 is 15.7 Å². The lowest BCUT2D eigenvalue weighted by molar-refractivity contribution is -0.124. The van der Waals surface area contributed by atoms with Crippen LogP contribution in [-0.4, -0.2) is 30.6 Å². The van der Waals surface area contributed by atoms with Crippen LogP contribution in [0.4, 0.5) is 0 Å². The summed E-state index contributed by atoms with van der Waals surface area (Å²) in [4.78, 5) is 11.8. The highest BCUT2D eigenvalue weighted by Crippen LogP contribution is 2.22. The summed E-state index contributed by atoms with van der Waals surface area (Å²) in [6, 6.07) is 7.10. The smallest absolute Gasteiger partial charge is 0.224 e. The number of nitrogens with one attached hydrogen (secondary N) is 2. The minimum Gasteiger partial charge on any atom is -0.387 e. The lowest BCUT2D eigenvalue weighted by atomic mass is 10.1. The largest absolute Gasteiger partial charge is 0.387 e. The van der Waals surface area contributed by atoms with Crippen LogP contribution in [0, 0.1) is 5.92 Å². The summed E-state index contributed by atoms with van der Waals surface area (Å²) in [7, 11) is 0. The van der Waals surface area contributed by atoms with E-state index in [0.717, 1.165) is 13.0 Å². The van der Waals surface area contributed by atoms with Gasteiger partial charge >= 0.3 is 0 Å². The number of benzene rings is 1. The molecule has 18 heavy (non-hydrogen) atoms. The standard InChI is InChI=1S/C13H17ClN2O2/c14-11-4-2-1-3-10(11)12(17)8-16-13(18)9-5-6-15-7-9/h1-4,9,12,15,17H,5-8H2,(H,16,18)/t9-,12+/m0/s1. The number of carbonyl (C=O) groups is 1. The molecule has 1 aliphatic rings. The second kappa shape index (κ2) is 6.18. The Morgan fingerprint density at radius 3 is 3.00 bits per heavy atom. The summed E-state index contributed by atoms with van der Waals surface area (Å²) in [5.74, 6) is 0.00884. The molecule has 98 valence electrons. The first kappa shape index (κ1) is 13.3. The number of rotatable bonds is 4. The molecule has 1 aromatic carbocycles. The molecule has 1 aromatic rings. The molecule has 1 amide bonds. The predicted octanol–water partition coefficient (Wildman–Crippen LogP) is 1.10. The molecule has 5 heteroatoms. The van der Waals surface area contributed by atoms with Gasteiger partial charge in [0.2, 0.25) is 5.91 Å². The van der Waals surface area contributed by atoms with E-state index < -0.39 is 6.10 Å². The predicted molar refractivity (Wildman–Crippen MR) is 70.4 cm³/mol. The quantitative estimate of drug-likeness (QED) is 0.766. The summed E-state index contributed by atoms with van der Waals surface area (Å²) < 4.78 is 0. The van der Waals surface area contributed by atoms with Gasteiger partial charge in [0.1, 0.15) is 0 Å². The molecule has 1 aliphatic heterocycles. The Labute approximate surface area is 111 Å². The highest BCUT2D eigenvalue weighted by Gasteiger charge is 2.22. The van der Waals surface area contributed by atoms with Gasteiger partial charge in [-0.25, -0.2) is 0 Å². The molecule has 0 saturated carbocycles. The minimum absolute atomic E-state index is 0.00824. The number of carbonyl (C=O) groups excluding carboxylic acids is 1. The molecule has 2 atom stereocenters. The zero-order chi connectivity index (χ0) is 13.0. The van der Waals surface area contributed by atoms with Gasteiger partial charge in [-0.15, -0.1) is 0 Å². The molecule has 3 N–H and O–H groups in total. The van der Waals surface area contributed by atoms with Gasteiger partial charge in [0.25, 0.3) is 0 Å². The van der Waals surface area contributed by atoms with Crippen molar-refractivity contribution in [1.29, 1.82) is 0 Å². The normalized spacial score (nSPS) is 20.7. The van der Waals surface area contributed by atoms with E-state index in [1.807, 2.05) is 6.07 Å². The van der Waals surface area contributed by atoms with Gasteiger partial charge in [-0.2, -0.15) is 0 Å². The zero-order valence-corrected chi connectivity index (χ0v) is 10.8. The Bertz CT molecular complexity index is 419. The third-order valence-corrected chi connectivity index (χ3v) is 3.51. The summed E-state index contributed by atoms with van der Waals surface area (Å²) in [6.45, 7) is 1.79. The van der Waals surface area contributed by atoms with Gasteiger partial charge in [-0.3, -0.25) is 4.79 Å². The fourth-order valence-corrected chi connectivity index (χ4v) is 2.34. The summed E-state index contributed by atoms with van der Waals surface area (Å²) in [6.07, 6.45) is 0.0885.